The van der Waals surface area contributed by atoms with Crippen LogP contribution >= 0.6 is 34.7 Å². The number of thioether (sulfide) groups is 1. The number of benzene rings is 2. The number of nitrogens with two attached hydrogens (primary N) is 1. The highest BCUT2D eigenvalue weighted by Crippen LogP contribution is 2.50. The molecule has 0 fully saturated rings. The van der Waals surface area contributed by atoms with E-state index < -0.39 is 5.92 Å². The molecule has 5 rings (SSSR count). The molecule has 210 valence electrons. The maximum Gasteiger partial charge on any atom is 0.234 e. The number of halogens is 1. The van der Waals surface area contributed by atoms with Crippen molar-refractivity contribution in [1.29, 1.82) is 5.26 Å². The minimum atomic E-state index is -0.595. The summed E-state index contributed by atoms with van der Waals surface area (Å²) >= 11 is 8.66. The number of nitriles is 1. The molecular formula is C30H29ClN6O2S2. The van der Waals surface area contributed by atoms with Crippen molar-refractivity contribution >= 4 is 57.2 Å². The number of allylic oxidation sites excluding steroid dienone is 3. The van der Waals surface area contributed by atoms with Crippen LogP contribution in [-0.2, 0) is 9.59 Å². The summed E-state index contributed by atoms with van der Waals surface area (Å²) in [6.07, 6.45) is 0.923. The number of nitrogens with one attached hydrogen (secondary N) is 1. The van der Waals surface area contributed by atoms with Crippen molar-refractivity contribution in [1.82, 2.24) is 10.2 Å². The molecule has 2 aliphatic rings. The number of rotatable bonds is 6. The molecule has 0 radical (unpaired) electrons. The van der Waals surface area contributed by atoms with Gasteiger partial charge in [-0.15, -0.1) is 10.2 Å². The highest BCUT2D eigenvalue weighted by Gasteiger charge is 2.45. The molecule has 1 aliphatic heterocycles. The predicted molar refractivity (Wildman–Crippen MR) is 164 cm³/mol. The zero-order valence-electron chi connectivity index (χ0n) is 23.1. The van der Waals surface area contributed by atoms with Crippen molar-refractivity contribution in [3.8, 4) is 6.07 Å². The average Bonchev–Trinajstić information content (AvgIpc) is 3.37. The van der Waals surface area contributed by atoms with Gasteiger partial charge in [0.05, 0.1) is 23.3 Å². The quantitative estimate of drug-likeness (QED) is 0.306. The lowest BCUT2D eigenvalue weighted by atomic mass is 9.69. The van der Waals surface area contributed by atoms with Crippen LogP contribution in [0.25, 0.3) is 0 Å². The van der Waals surface area contributed by atoms with Gasteiger partial charge in [-0.1, -0.05) is 78.9 Å². The Kier molecular flexibility index (Phi) is 7.97. The molecular weight excluding hydrogens is 576 g/mol. The number of aromatic nitrogens is 2. The third kappa shape index (κ3) is 5.75. The Hall–Kier alpha value is -3.65. The predicted octanol–water partition coefficient (Wildman–Crippen LogP) is 6.48. The van der Waals surface area contributed by atoms with Crippen LogP contribution in [0.2, 0.25) is 5.02 Å². The van der Waals surface area contributed by atoms with Crippen LogP contribution in [0.15, 0.2) is 69.5 Å². The number of hydrogen-bond acceptors (Lipinski definition) is 9. The van der Waals surface area contributed by atoms with Crippen molar-refractivity contribution < 1.29 is 9.59 Å². The van der Waals surface area contributed by atoms with Gasteiger partial charge < -0.3 is 11.1 Å². The summed E-state index contributed by atoms with van der Waals surface area (Å²) in [5.74, 6) is -0.401. The first kappa shape index (κ1) is 28.9. The molecule has 3 N–H and O–H groups in total. The Morgan fingerprint density at radius 1 is 1.20 bits per heavy atom. The van der Waals surface area contributed by atoms with Gasteiger partial charge in [-0.05, 0) is 54.5 Å². The number of anilines is 2. The molecule has 11 heteroatoms. The van der Waals surface area contributed by atoms with Crippen molar-refractivity contribution in [2.24, 2.45) is 11.1 Å². The van der Waals surface area contributed by atoms with E-state index in [0.29, 0.717) is 32.9 Å². The average molecular weight is 605 g/mol. The summed E-state index contributed by atoms with van der Waals surface area (Å²) in [6, 6.07) is 15.3. The van der Waals surface area contributed by atoms with Crippen LogP contribution in [0.3, 0.4) is 0 Å². The second-order valence-corrected chi connectivity index (χ2v) is 13.6. The van der Waals surface area contributed by atoms with E-state index in [4.69, 9.17) is 17.3 Å². The minimum Gasteiger partial charge on any atom is -0.384 e. The van der Waals surface area contributed by atoms with Crippen molar-refractivity contribution in [2.75, 3.05) is 16.0 Å². The number of hydrogen-bond donors (Lipinski definition) is 2. The van der Waals surface area contributed by atoms with Crippen molar-refractivity contribution in [3.05, 3.63) is 86.8 Å². The molecule has 1 amide bonds. The standard InChI is InChI=1S/C30H29ClN6O2S2/c1-16-6-5-7-17(2)26(16)34-23(39)15-40-29-36-35-28(41-29)37-21-12-30(3,4)13-22(38)25(21)24(20(14-32)27(37)33)18-8-10-19(31)11-9-18/h5-11,24H,12-13,15,33H2,1-4H3,(H,34,39). The number of carbonyl (C=O) groups is 2. The summed E-state index contributed by atoms with van der Waals surface area (Å²) in [7, 11) is 0. The molecule has 1 atom stereocenters. The third-order valence-corrected chi connectivity index (χ3v) is 9.54. The fourth-order valence-corrected chi connectivity index (χ4v) is 7.19. The maximum absolute atomic E-state index is 13.7. The molecule has 0 bridgehead atoms. The van der Waals surface area contributed by atoms with E-state index in [1.165, 1.54) is 23.1 Å². The summed E-state index contributed by atoms with van der Waals surface area (Å²) < 4.78 is 0.575. The van der Waals surface area contributed by atoms with E-state index in [1.54, 1.807) is 17.0 Å². The summed E-state index contributed by atoms with van der Waals surface area (Å²) in [6.45, 7) is 7.99. The minimum absolute atomic E-state index is 0.0243. The smallest absolute Gasteiger partial charge is 0.234 e. The number of carbonyl (C=O) groups excluding carboxylic acids is 2. The van der Waals surface area contributed by atoms with Crippen LogP contribution in [-0.4, -0.2) is 27.6 Å². The molecule has 1 aromatic heterocycles. The van der Waals surface area contributed by atoms with Gasteiger partial charge in [0.1, 0.15) is 5.82 Å². The number of Topliss-reactive ketones (excluding diaryl/α,β-unsaturated/α-hetero) is 1. The van der Waals surface area contributed by atoms with Crippen LogP contribution in [0.4, 0.5) is 10.8 Å². The molecule has 1 aliphatic carbocycles. The van der Waals surface area contributed by atoms with E-state index in [2.05, 4.69) is 21.6 Å². The van der Waals surface area contributed by atoms with Gasteiger partial charge >= 0.3 is 0 Å². The number of aryl methyl sites for hydroxylation is 2. The highest BCUT2D eigenvalue weighted by atomic mass is 35.5. The van der Waals surface area contributed by atoms with Gasteiger partial charge in [-0.2, -0.15) is 5.26 Å². The fourth-order valence-electron chi connectivity index (χ4n) is 5.38. The van der Waals surface area contributed by atoms with Gasteiger partial charge in [0.15, 0.2) is 10.1 Å². The maximum atomic E-state index is 13.7. The lowest BCUT2D eigenvalue weighted by molar-refractivity contribution is -0.118. The lowest BCUT2D eigenvalue weighted by Crippen LogP contribution is -2.42. The van der Waals surface area contributed by atoms with Gasteiger partial charge in [0.2, 0.25) is 11.0 Å². The number of para-hydroxylation sites is 1. The van der Waals surface area contributed by atoms with Crippen LogP contribution in [0.1, 0.15) is 49.3 Å². The van der Waals surface area contributed by atoms with Crippen LogP contribution in [0.5, 0.6) is 0 Å². The van der Waals surface area contributed by atoms with E-state index >= 15 is 0 Å². The van der Waals surface area contributed by atoms with E-state index in [-0.39, 0.29) is 34.3 Å². The highest BCUT2D eigenvalue weighted by molar-refractivity contribution is 8.01. The topological polar surface area (TPSA) is 125 Å². The number of ketones is 1. The first-order chi connectivity index (χ1) is 19.5. The second-order valence-electron chi connectivity index (χ2n) is 11.0. The molecule has 2 heterocycles. The normalized spacial score (nSPS) is 18.3. The lowest BCUT2D eigenvalue weighted by Gasteiger charge is -2.42. The molecule has 8 nitrogen and oxygen atoms in total. The Morgan fingerprint density at radius 2 is 1.88 bits per heavy atom. The summed E-state index contributed by atoms with van der Waals surface area (Å²) in [5.41, 5.74) is 11.5. The number of nitrogens with zero attached hydrogens (tertiary/aromatic N) is 4. The zero-order valence-corrected chi connectivity index (χ0v) is 25.5. The van der Waals surface area contributed by atoms with Gasteiger partial charge in [0.25, 0.3) is 0 Å². The van der Waals surface area contributed by atoms with Gasteiger partial charge in [-0.25, -0.2) is 0 Å². The first-order valence-corrected chi connectivity index (χ1v) is 15.2. The Labute approximate surface area is 252 Å². The monoisotopic (exact) mass is 604 g/mol. The molecule has 0 spiro atoms. The Balaban J connectivity index is 1.46. The molecule has 0 saturated carbocycles. The van der Waals surface area contributed by atoms with Crippen LogP contribution in [0, 0.1) is 30.6 Å². The third-order valence-electron chi connectivity index (χ3n) is 7.24. The van der Waals surface area contributed by atoms with E-state index in [1.807, 2.05) is 58.0 Å². The fraction of sp³-hybridized carbons (Fsp3) is 0.300. The van der Waals surface area contributed by atoms with Crippen molar-refractivity contribution in [2.45, 2.75) is 50.8 Å². The number of amides is 1. The molecule has 0 saturated heterocycles. The summed E-state index contributed by atoms with van der Waals surface area (Å²) in [4.78, 5) is 28.1. The largest absolute Gasteiger partial charge is 0.384 e. The molecule has 41 heavy (non-hydrogen) atoms. The van der Waals surface area contributed by atoms with Crippen molar-refractivity contribution in [3.63, 3.8) is 0 Å². The molecule has 2 aromatic carbocycles. The van der Waals surface area contributed by atoms with E-state index in [0.717, 1.165) is 28.1 Å². The zero-order chi connectivity index (χ0) is 29.5. The van der Waals surface area contributed by atoms with Gasteiger partial charge in [-0.3, -0.25) is 14.5 Å². The SMILES string of the molecule is Cc1cccc(C)c1NC(=O)CSc1nnc(N2C(N)=C(C#N)C(c3ccc(Cl)cc3)C3=C2CC(C)(C)CC3=O)s1. The summed E-state index contributed by atoms with van der Waals surface area (Å²) in [5, 5.41) is 22.9. The Bertz CT molecular complexity index is 1630. The second kappa shape index (κ2) is 11.3. The molecule has 3 aromatic rings. The van der Waals surface area contributed by atoms with E-state index in [9.17, 15) is 14.9 Å². The Morgan fingerprint density at radius 3 is 2.54 bits per heavy atom. The first-order valence-electron chi connectivity index (χ1n) is 13.0. The van der Waals surface area contributed by atoms with Crippen LogP contribution < -0.4 is 16.0 Å². The van der Waals surface area contributed by atoms with Gasteiger partial charge in [0, 0.05) is 28.4 Å². The molecule has 1 unspecified atom stereocenters.